The van der Waals surface area contributed by atoms with Gasteiger partial charge < -0.3 is 9.30 Å². The van der Waals surface area contributed by atoms with Crippen molar-refractivity contribution in [2.75, 3.05) is 7.11 Å². The van der Waals surface area contributed by atoms with Crippen LogP contribution in [0.25, 0.3) is 11.2 Å². The number of hydrogen-bond acceptors (Lipinski definition) is 5. The van der Waals surface area contributed by atoms with Crippen molar-refractivity contribution in [1.82, 2.24) is 19.3 Å². The van der Waals surface area contributed by atoms with Crippen LogP contribution in [0.4, 0.5) is 4.39 Å². The van der Waals surface area contributed by atoms with Crippen molar-refractivity contribution >= 4 is 21.2 Å². The summed E-state index contributed by atoms with van der Waals surface area (Å²) in [5, 5.41) is 0. The summed E-state index contributed by atoms with van der Waals surface area (Å²) in [4.78, 5) is 8.93. The van der Waals surface area contributed by atoms with Crippen molar-refractivity contribution in [3.05, 3.63) is 84.1 Å². The maximum absolute atomic E-state index is 13.1. The van der Waals surface area contributed by atoms with Crippen LogP contribution < -0.4 is 9.46 Å². The molecule has 0 fully saturated rings. The third-order valence-corrected chi connectivity index (χ3v) is 6.04. The molecule has 0 saturated carbocycles. The minimum atomic E-state index is -3.82. The summed E-state index contributed by atoms with van der Waals surface area (Å²) in [6.45, 7) is 0.428. The molecule has 0 saturated heterocycles. The van der Waals surface area contributed by atoms with Gasteiger partial charge in [-0.2, -0.15) is 0 Å². The van der Waals surface area contributed by atoms with Gasteiger partial charge in [-0.15, -0.1) is 0 Å². The number of halogens is 1. The first-order valence-electron chi connectivity index (χ1n) is 9.14. The van der Waals surface area contributed by atoms with Gasteiger partial charge >= 0.3 is 0 Å². The summed E-state index contributed by atoms with van der Waals surface area (Å²) in [7, 11) is -2.21. The van der Waals surface area contributed by atoms with Crippen LogP contribution in [0.3, 0.4) is 0 Å². The zero-order valence-corrected chi connectivity index (χ0v) is 16.9. The summed E-state index contributed by atoms with van der Waals surface area (Å²) in [5.41, 5.74) is 2.31. The first kappa shape index (κ1) is 20.0. The van der Waals surface area contributed by atoms with E-state index in [2.05, 4.69) is 14.7 Å². The molecule has 7 nitrogen and oxygen atoms in total. The lowest BCUT2D eigenvalue weighted by Gasteiger charge is -2.11. The fourth-order valence-corrected chi connectivity index (χ4v) is 4.06. The number of pyridine rings is 1. The van der Waals surface area contributed by atoms with Gasteiger partial charge in [-0.25, -0.2) is 27.5 Å². The molecule has 0 spiro atoms. The van der Waals surface area contributed by atoms with Crippen LogP contribution in [0.2, 0.25) is 0 Å². The van der Waals surface area contributed by atoms with Crippen LogP contribution in [0.15, 0.2) is 71.8 Å². The number of aromatic nitrogens is 3. The lowest BCUT2D eigenvalue weighted by molar-refractivity contribution is 0.414. The van der Waals surface area contributed by atoms with Gasteiger partial charge in [0, 0.05) is 6.20 Å². The monoisotopic (exact) mass is 426 g/mol. The molecule has 2 aromatic carbocycles. The molecule has 2 aromatic heterocycles. The van der Waals surface area contributed by atoms with Crippen molar-refractivity contribution in [2.45, 2.75) is 18.0 Å². The molecule has 0 aliphatic carbocycles. The van der Waals surface area contributed by atoms with Gasteiger partial charge in [-0.3, -0.25) is 0 Å². The van der Waals surface area contributed by atoms with Gasteiger partial charge in [0.05, 0.1) is 25.1 Å². The summed E-state index contributed by atoms with van der Waals surface area (Å²) in [5.74, 6) is 0.770. The van der Waals surface area contributed by atoms with Gasteiger partial charge in [-0.05, 0) is 54.1 Å². The molecule has 4 rings (SSSR count). The first-order chi connectivity index (χ1) is 14.5. The van der Waals surface area contributed by atoms with E-state index in [4.69, 9.17) is 4.74 Å². The summed E-state index contributed by atoms with van der Waals surface area (Å²) >= 11 is 0. The Hall–Kier alpha value is -3.30. The Morgan fingerprint density at radius 3 is 2.50 bits per heavy atom. The number of nitrogens with zero attached hydrogens (tertiary/aromatic N) is 3. The van der Waals surface area contributed by atoms with Crippen molar-refractivity contribution in [2.24, 2.45) is 0 Å². The van der Waals surface area contributed by atoms with Crippen LogP contribution in [0.1, 0.15) is 11.4 Å². The van der Waals surface area contributed by atoms with Gasteiger partial charge in [0.2, 0.25) is 10.0 Å². The predicted molar refractivity (Wildman–Crippen MR) is 110 cm³/mol. The average molecular weight is 426 g/mol. The molecule has 0 unspecified atom stereocenters. The molecule has 1 N–H and O–H groups in total. The molecule has 0 atom stereocenters. The number of benzene rings is 2. The van der Waals surface area contributed by atoms with Crippen LogP contribution in [0, 0.1) is 5.82 Å². The molecular formula is C21H19FN4O3S. The molecule has 30 heavy (non-hydrogen) atoms. The van der Waals surface area contributed by atoms with E-state index in [1.807, 2.05) is 34.9 Å². The predicted octanol–water partition coefficient (Wildman–Crippen LogP) is 3.11. The third-order valence-electron chi connectivity index (χ3n) is 4.63. The highest BCUT2D eigenvalue weighted by Crippen LogP contribution is 2.19. The molecule has 9 heteroatoms. The highest BCUT2D eigenvalue weighted by atomic mass is 32.2. The normalized spacial score (nSPS) is 11.7. The number of rotatable bonds is 7. The number of methoxy groups -OCH3 is 1. The van der Waals surface area contributed by atoms with Crippen LogP contribution >= 0.6 is 0 Å². The van der Waals surface area contributed by atoms with E-state index < -0.39 is 15.8 Å². The van der Waals surface area contributed by atoms with E-state index in [0.717, 1.165) is 23.4 Å². The van der Waals surface area contributed by atoms with Crippen LogP contribution in [-0.2, 0) is 23.1 Å². The minimum Gasteiger partial charge on any atom is -0.497 e. The fraction of sp³-hybridized carbons (Fsp3) is 0.143. The molecule has 154 valence electrons. The molecule has 4 aromatic rings. The Kier molecular flexibility index (Phi) is 5.47. The smallest absolute Gasteiger partial charge is 0.240 e. The van der Waals surface area contributed by atoms with Crippen molar-refractivity contribution in [1.29, 1.82) is 0 Å². The highest BCUT2D eigenvalue weighted by Gasteiger charge is 2.18. The van der Waals surface area contributed by atoms with Gasteiger partial charge in [-0.1, -0.05) is 12.1 Å². The van der Waals surface area contributed by atoms with E-state index >= 15 is 0 Å². The molecule has 0 aliphatic rings. The number of ether oxygens (including phenoxy) is 1. The number of sulfonamides is 1. The first-order valence-corrected chi connectivity index (χ1v) is 10.6. The van der Waals surface area contributed by atoms with Crippen LogP contribution in [-0.4, -0.2) is 30.1 Å². The average Bonchev–Trinajstić information content (AvgIpc) is 3.11. The van der Waals surface area contributed by atoms with Crippen molar-refractivity contribution in [3.8, 4) is 5.75 Å². The lowest BCUT2D eigenvalue weighted by atomic mass is 10.2. The second-order valence-corrected chi connectivity index (χ2v) is 8.35. The number of fused-ring (bicyclic) bond motifs is 1. The second-order valence-electron chi connectivity index (χ2n) is 6.59. The second kappa shape index (κ2) is 8.21. The van der Waals surface area contributed by atoms with E-state index in [1.54, 1.807) is 19.4 Å². The molecule has 0 radical (unpaired) electrons. The van der Waals surface area contributed by atoms with Gasteiger partial charge in [0.15, 0.2) is 5.65 Å². The Morgan fingerprint density at radius 1 is 1.07 bits per heavy atom. The Labute approximate surface area is 173 Å². The zero-order valence-electron chi connectivity index (χ0n) is 16.1. The summed E-state index contributed by atoms with van der Waals surface area (Å²) in [6, 6.07) is 15.8. The Morgan fingerprint density at radius 2 is 1.80 bits per heavy atom. The van der Waals surface area contributed by atoms with Gasteiger partial charge in [0.25, 0.3) is 0 Å². The topological polar surface area (TPSA) is 86.1 Å². The lowest BCUT2D eigenvalue weighted by Crippen LogP contribution is -2.25. The van der Waals surface area contributed by atoms with E-state index in [9.17, 15) is 12.8 Å². The van der Waals surface area contributed by atoms with E-state index in [1.165, 1.54) is 12.1 Å². The molecule has 0 bridgehead atoms. The summed E-state index contributed by atoms with van der Waals surface area (Å²) < 4.78 is 47.8. The minimum absolute atomic E-state index is 0.0140. The molecule has 2 heterocycles. The van der Waals surface area contributed by atoms with Crippen molar-refractivity contribution in [3.63, 3.8) is 0 Å². The summed E-state index contributed by atoms with van der Waals surface area (Å²) in [6.07, 6.45) is 1.67. The van der Waals surface area contributed by atoms with E-state index in [-0.39, 0.29) is 11.4 Å². The number of imidazole rings is 1. The van der Waals surface area contributed by atoms with Crippen molar-refractivity contribution < 1.29 is 17.5 Å². The molecule has 0 aliphatic heterocycles. The fourth-order valence-electron chi connectivity index (χ4n) is 3.08. The number of hydrogen-bond donors (Lipinski definition) is 1. The molecule has 0 amide bonds. The Bertz CT molecular complexity index is 1270. The third kappa shape index (κ3) is 4.17. The number of nitrogens with one attached hydrogen (secondary N) is 1. The van der Waals surface area contributed by atoms with Gasteiger partial charge in [0.1, 0.15) is 22.9 Å². The standard InChI is InChI=1S/C21H19FN4O3S/c1-29-17-8-4-15(5-9-17)14-26-20(25-19-3-2-12-23-21(19)26)13-24-30(27,28)18-10-6-16(22)7-11-18/h2-12,24H,13-14H2,1H3. The maximum atomic E-state index is 13.1. The maximum Gasteiger partial charge on any atom is 0.240 e. The zero-order chi connectivity index (χ0) is 21.1. The Balaban J connectivity index is 1.63. The molecular weight excluding hydrogens is 407 g/mol. The van der Waals surface area contributed by atoms with Crippen LogP contribution in [0.5, 0.6) is 5.75 Å². The quantitative estimate of drug-likeness (QED) is 0.491. The largest absolute Gasteiger partial charge is 0.497 e. The highest BCUT2D eigenvalue weighted by molar-refractivity contribution is 7.89. The SMILES string of the molecule is COc1ccc(Cn2c(CNS(=O)(=O)c3ccc(F)cc3)nc3cccnc32)cc1. The van der Waals surface area contributed by atoms with E-state index in [0.29, 0.717) is 23.5 Å².